The summed E-state index contributed by atoms with van der Waals surface area (Å²) in [4.78, 5) is 11.8. The Labute approximate surface area is 120 Å². The summed E-state index contributed by atoms with van der Waals surface area (Å²) in [6.07, 6.45) is 3.07. The molecule has 0 aliphatic carbocycles. The van der Waals surface area contributed by atoms with Crippen LogP contribution in [0, 0.1) is 6.07 Å². The molecule has 20 heavy (non-hydrogen) atoms. The highest BCUT2D eigenvalue weighted by Gasteiger charge is 2.02. The summed E-state index contributed by atoms with van der Waals surface area (Å²) in [5, 5.41) is 2.93. The quantitative estimate of drug-likeness (QED) is 0.851. The van der Waals surface area contributed by atoms with Crippen LogP contribution in [0.5, 0.6) is 0 Å². The van der Waals surface area contributed by atoms with Crippen LogP contribution in [0.2, 0.25) is 0 Å². The van der Waals surface area contributed by atoms with E-state index < -0.39 is 0 Å². The third-order valence-electron chi connectivity index (χ3n) is 3.13. The first-order valence-electron chi connectivity index (χ1n) is 6.71. The van der Waals surface area contributed by atoms with Crippen molar-refractivity contribution in [2.45, 2.75) is 19.4 Å². The van der Waals surface area contributed by atoms with Gasteiger partial charge in [0.05, 0.1) is 0 Å². The fraction of sp³-hybridized carbons (Fsp3) is 0.167. The van der Waals surface area contributed by atoms with Crippen LogP contribution in [0.1, 0.15) is 23.1 Å². The molecule has 1 amide bonds. The molecule has 0 saturated carbocycles. The van der Waals surface area contributed by atoms with Crippen molar-refractivity contribution in [1.82, 2.24) is 5.32 Å². The molecule has 0 spiro atoms. The molecule has 0 aliphatic rings. The molecule has 0 atom stereocenters. The van der Waals surface area contributed by atoms with E-state index in [1.54, 1.807) is 6.08 Å². The zero-order valence-electron chi connectivity index (χ0n) is 11.4. The van der Waals surface area contributed by atoms with E-state index in [1.165, 1.54) is 0 Å². The summed E-state index contributed by atoms with van der Waals surface area (Å²) in [5.74, 6) is 0.0747. The first kappa shape index (κ1) is 14.1. The average molecular weight is 264 g/mol. The Kier molecular flexibility index (Phi) is 5.13. The Hall–Kier alpha value is -2.35. The van der Waals surface area contributed by atoms with Gasteiger partial charge in [0.25, 0.3) is 0 Å². The van der Waals surface area contributed by atoms with Crippen LogP contribution in [0.3, 0.4) is 0 Å². The van der Waals surface area contributed by atoms with Gasteiger partial charge in [0.2, 0.25) is 5.91 Å². The van der Waals surface area contributed by atoms with Crippen molar-refractivity contribution < 1.29 is 4.79 Å². The number of benzene rings is 2. The second kappa shape index (κ2) is 7.29. The van der Waals surface area contributed by atoms with Crippen molar-refractivity contribution in [1.29, 1.82) is 0 Å². The second-order valence-electron chi connectivity index (χ2n) is 4.63. The summed E-state index contributed by atoms with van der Waals surface area (Å²) in [6.45, 7) is 4.28. The van der Waals surface area contributed by atoms with Crippen molar-refractivity contribution in [3.05, 3.63) is 77.9 Å². The van der Waals surface area contributed by atoms with E-state index in [0.29, 0.717) is 13.0 Å². The fourth-order valence-electron chi connectivity index (χ4n) is 1.91. The number of hydrogen-bond acceptors (Lipinski definition) is 1. The highest BCUT2D eigenvalue weighted by Crippen LogP contribution is 2.06. The predicted octanol–water partition coefficient (Wildman–Crippen LogP) is 3.38. The van der Waals surface area contributed by atoms with Crippen molar-refractivity contribution in [3.63, 3.8) is 0 Å². The SMILES string of the molecule is C=Cc1ccc(CNC(=O)CCc2cc[c]cc2)cc1. The number of amides is 1. The topological polar surface area (TPSA) is 29.1 Å². The molecule has 0 heterocycles. The lowest BCUT2D eigenvalue weighted by Gasteiger charge is -2.06. The van der Waals surface area contributed by atoms with Crippen LogP contribution in [0.25, 0.3) is 6.08 Å². The highest BCUT2D eigenvalue weighted by molar-refractivity contribution is 5.76. The number of aryl methyl sites for hydroxylation is 1. The maximum Gasteiger partial charge on any atom is 0.220 e. The second-order valence-corrected chi connectivity index (χ2v) is 4.63. The maximum absolute atomic E-state index is 11.8. The van der Waals surface area contributed by atoms with Gasteiger partial charge < -0.3 is 5.32 Å². The molecule has 0 unspecified atom stereocenters. The molecule has 101 valence electrons. The molecule has 0 saturated heterocycles. The molecular weight excluding hydrogens is 246 g/mol. The number of hydrogen-bond donors (Lipinski definition) is 1. The van der Waals surface area contributed by atoms with Gasteiger partial charge in [-0.1, -0.05) is 61.2 Å². The van der Waals surface area contributed by atoms with E-state index >= 15 is 0 Å². The Balaban J connectivity index is 1.75. The zero-order valence-corrected chi connectivity index (χ0v) is 11.4. The van der Waals surface area contributed by atoms with Gasteiger partial charge in [0.15, 0.2) is 0 Å². The van der Waals surface area contributed by atoms with Gasteiger partial charge in [-0.25, -0.2) is 0 Å². The zero-order chi connectivity index (χ0) is 14.2. The van der Waals surface area contributed by atoms with E-state index in [1.807, 2.05) is 48.5 Å². The standard InChI is InChI=1S/C18H18NO/c1-2-15-8-10-17(11-9-15)14-19-18(20)13-12-16-6-4-3-5-7-16/h2,4-11H,1,12-14H2,(H,19,20). The number of nitrogens with one attached hydrogen (secondary N) is 1. The molecule has 2 aromatic rings. The molecule has 0 aromatic heterocycles. The maximum atomic E-state index is 11.8. The summed E-state index contributed by atoms with van der Waals surface area (Å²) < 4.78 is 0. The van der Waals surface area contributed by atoms with Gasteiger partial charge in [0.1, 0.15) is 0 Å². The third-order valence-corrected chi connectivity index (χ3v) is 3.13. The highest BCUT2D eigenvalue weighted by atomic mass is 16.1. The molecule has 1 radical (unpaired) electrons. The Morgan fingerprint density at radius 1 is 1.10 bits per heavy atom. The van der Waals surface area contributed by atoms with Crippen molar-refractivity contribution >= 4 is 12.0 Å². The molecule has 2 rings (SSSR count). The minimum atomic E-state index is 0.0747. The van der Waals surface area contributed by atoms with Crippen LogP contribution in [-0.4, -0.2) is 5.91 Å². The van der Waals surface area contributed by atoms with Crippen LogP contribution in [0.4, 0.5) is 0 Å². The molecule has 1 N–H and O–H groups in total. The van der Waals surface area contributed by atoms with Crippen LogP contribution in [-0.2, 0) is 17.8 Å². The van der Waals surface area contributed by atoms with Gasteiger partial charge >= 0.3 is 0 Å². The average Bonchev–Trinajstić information content (AvgIpc) is 2.52. The van der Waals surface area contributed by atoms with Crippen LogP contribution >= 0.6 is 0 Å². The summed E-state index contributed by atoms with van der Waals surface area (Å²) in [7, 11) is 0. The lowest BCUT2D eigenvalue weighted by atomic mass is 10.1. The number of carbonyl (C=O) groups is 1. The van der Waals surface area contributed by atoms with E-state index in [0.717, 1.165) is 23.1 Å². The minimum absolute atomic E-state index is 0.0747. The van der Waals surface area contributed by atoms with Gasteiger partial charge in [-0.05, 0) is 29.2 Å². The molecule has 0 bridgehead atoms. The van der Waals surface area contributed by atoms with E-state index in [-0.39, 0.29) is 5.91 Å². The summed E-state index contributed by atoms with van der Waals surface area (Å²) in [5.41, 5.74) is 3.34. The molecule has 2 aromatic carbocycles. The van der Waals surface area contributed by atoms with Crippen LogP contribution < -0.4 is 5.32 Å². The smallest absolute Gasteiger partial charge is 0.220 e. The molecule has 2 heteroatoms. The van der Waals surface area contributed by atoms with Crippen LogP contribution in [0.15, 0.2) is 55.1 Å². The summed E-state index contributed by atoms with van der Waals surface area (Å²) in [6, 6.07) is 18.7. The first-order chi connectivity index (χ1) is 9.78. The van der Waals surface area contributed by atoms with E-state index in [2.05, 4.69) is 18.0 Å². The van der Waals surface area contributed by atoms with Gasteiger partial charge in [-0.3, -0.25) is 4.79 Å². The number of rotatable bonds is 6. The third kappa shape index (κ3) is 4.39. The van der Waals surface area contributed by atoms with Crippen molar-refractivity contribution in [2.75, 3.05) is 0 Å². The lowest BCUT2D eigenvalue weighted by molar-refractivity contribution is -0.121. The number of carbonyl (C=O) groups excluding carboxylic acids is 1. The summed E-state index contributed by atoms with van der Waals surface area (Å²) >= 11 is 0. The predicted molar refractivity (Wildman–Crippen MR) is 82.0 cm³/mol. The normalized spacial score (nSPS) is 10.0. The van der Waals surface area contributed by atoms with E-state index in [4.69, 9.17) is 0 Å². The van der Waals surface area contributed by atoms with Crippen molar-refractivity contribution in [3.8, 4) is 0 Å². The molecule has 0 aliphatic heterocycles. The minimum Gasteiger partial charge on any atom is -0.352 e. The van der Waals surface area contributed by atoms with Gasteiger partial charge in [-0.2, -0.15) is 0 Å². The Bertz CT molecular complexity index is 558. The largest absolute Gasteiger partial charge is 0.352 e. The van der Waals surface area contributed by atoms with Gasteiger partial charge in [0, 0.05) is 13.0 Å². The fourth-order valence-corrected chi connectivity index (χ4v) is 1.91. The molecular formula is C18H18NO. The van der Waals surface area contributed by atoms with E-state index in [9.17, 15) is 4.79 Å². The lowest BCUT2D eigenvalue weighted by Crippen LogP contribution is -2.22. The Morgan fingerprint density at radius 3 is 2.45 bits per heavy atom. The Morgan fingerprint density at radius 2 is 1.80 bits per heavy atom. The first-order valence-corrected chi connectivity index (χ1v) is 6.71. The monoisotopic (exact) mass is 264 g/mol. The molecule has 0 fully saturated rings. The molecule has 2 nitrogen and oxygen atoms in total. The van der Waals surface area contributed by atoms with Gasteiger partial charge in [-0.15, -0.1) is 0 Å². The van der Waals surface area contributed by atoms with Crippen molar-refractivity contribution in [2.24, 2.45) is 0 Å².